The molecule has 0 spiro atoms. The van der Waals surface area contributed by atoms with Crippen molar-refractivity contribution in [2.24, 2.45) is 22.7 Å². The molecule has 0 bridgehead atoms. The SMILES string of the molecule is C[C@H]([C@H](O)[C@@H](C)C(=O)C(C)(C)C)C(C)(C)C. The summed E-state index contributed by atoms with van der Waals surface area (Å²) in [4.78, 5) is 12.1. The monoisotopic (exact) mass is 228 g/mol. The standard InChI is InChI=1S/C14H28O2/c1-9(12(16)14(6,7)8)11(15)10(2)13(3,4)5/h9-11,15H,1-8H3/t9-,10-,11-/m1/s1. The smallest absolute Gasteiger partial charge is 0.143 e. The Morgan fingerprint density at radius 2 is 1.38 bits per heavy atom. The Kier molecular flexibility index (Phi) is 4.75. The number of hydrogen-bond donors (Lipinski definition) is 1. The second-order valence-corrected chi connectivity index (χ2v) is 7.05. The quantitative estimate of drug-likeness (QED) is 0.805. The van der Waals surface area contributed by atoms with Gasteiger partial charge in [-0.05, 0) is 11.3 Å². The summed E-state index contributed by atoms with van der Waals surface area (Å²) in [6, 6.07) is 0. The van der Waals surface area contributed by atoms with Gasteiger partial charge in [0.05, 0.1) is 6.10 Å². The molecule has 0 aliphatic heterocycles. The molecule has 0 saturated carbocycles. The van der Waals surface area contributed by atoms with E-state index in [0.29, 0.717) is 0 Å². The predicted molar refractivity (Wildman–Crippen MR) is 68.3 cm³/mol. The van der Waals surface area contributed by atoms with Crippen LogP contribution in [-0.4, -0.2) is 17.0 Å². The number of Topliss-reactive ketones (excluding diaryl/α,β-unsaturated/α-hetero) is 1. The average Bonchev–Trinajstić information content (AvgIpc) is 2.10. The van der Waals surface area contributed by atoms with Crippen molar-refractivity contribution in [3.05, 3.63) is 0 Å². The first-order valence-corrected chi connectivity index (χ1v) is 6.11. The van der Waals surface area contributed by atoms with Crippen LogP contribution in [0.5, 0.6) is 0 Å². The molecule has 0 aliphatic carbocycles. The summed E-state index contributed by atoms with van der Waals surface area (Å²) in [6.45, 7) is 15.8. The second kappa shape index (κ2) is 4.87. The molecule has 96 valence electrons. The lowest BCUT2D eigenvalue weighted by molar-refractivity contribution is -0.135. The molecule has 2 nitrogen and oxygen atoms in total. The first kappa shape index (κ1) is 15.6. The van der Waals surface area contributed by atoms with Gasteiger partial charge in [-0.25, -0.2) is 0 Å². The maximum Gasteiger partial charge on any atom is 0.143 e. The van der Waals surface area contributed by atoms with E-state index in [0.717, 1.165) is 0 Å². The molecule has 0 heterocycles. The Bertz CT molecular complexity index is 242. The van der Waals surface area contributed by atoms with Crippen LogP contribution in [0.2, 0.25) is 0 Å². The van der Waals surface area contributed by atoms with E-state index < -0.39 is 6.10 Å². The van der Waals surface area contributed by atoms with Crippen LogP contribution in [0.25, 0.3) is 0 Å². The zero-order valence-corrected chi connectivity index (χ0v) is 12.1. The normalized spacial score (nSPS) is 19.1. The van der Waals surface area contributed by atoms with Crippen molar-refractivity contribution in [2.75, 3.05) is 0 Å². The molecule has 0 radical (unpaired) electrons. The topological polar surface area (TPSA) is 37.3 Å². The molecule has 0 unspecified atom stereocenters. The second-order valence-electron chi connectivity index (χ2n) is 7.05. The zero-order valence-electron chi connectivity index (χ0n) is 12.1. The van der Waals surface area contributed by atoms with E-state index in [1.807, 2.05) is 34.6 Å². The Morgan fingerprint density at radius 1 is 1.00 bits per heavy atom. The van der Waals surface area contributed by atoms with Gasteiger partial charge in [0.25, 0.3) is 0 Å². The molecule has 0 aromatic carbocycles. The maximum absolute atomic E-state index is 12.1. The fourth-order valence-corrected chi connectivity index (χ4v) is 1.78. The lowest BCUT2D eigenvalue weighted by Gasteiger charge is -2.35. The highest BCUT2D eigenvalue weighted by atomic mass is 16.3. The van der Waals surface area contributed by atoms with Crippen LogP contribution >= 0.6 is 0 Å². The molecule has 0 amide bonds. The van der Waals surface area contributed by atoms with Gasteiger partial charge < -0.3 is 5.11 Å². The molecule has 1 N–H and O–H groups in total. The lowest BCUT2D eigenvalue weighted by atomic mass is 9.72. The molecule has 0 saturated heterocycles. The largest absolute Gasteiger partial charge is 0.392 e. The van der Waals surface area contributed by atoms with E-state index in [2.05, 4.69) is 20.8 Å². The molecule has 0 aliphatic rings. The van der Waals surface area contributed by atoms with E-state index in [1.165, 1.54) is 0 Å². The number of carbonyl (C=O) groups excluding carboxylic acids is 1. The highest BCUT2D eigenvalue weighted by Gasteiger charge is 2.37. The molecular formula is C14H28O2. The van der Waals surface area contributed by atoms with Gasteiger partial charge in [0, 0.05) is 11.3 Å². The first-order chi connectivity index (χ1) is 6.89. The Balaban J connectivity index is 4.76. The predicted octanol–water partition coefficient (Wildman–Crippen LogP) is 3.28. The van der Waals surface area contributed by atoms with Gasteiger partial charge in [-0.1, -0.05) is 55.4 Å². The fourth-order valence-electron chi connectivity index (χ4n) is 1.78. The molecule has 3 atom stereocenters. The summed E-state index contributed by atoms with van der Waals surface area (Å²) in [6.07, 6.45) is -0.563. The number of hydrogen-bond acceptors (Lipinski definition) is 2. The number of aliphatic hydroxyl groups excluding tert-OH is 1. The summed E-state index contributed by atoms with van der Waals surface area (Å²) < 4.78 is 0. The lowest BCUT2D eigenvalue weighted by Crippen LogP contribution is -2.41. The van der Waals surface area contributed by atoms with Crippen LogP contribution in [0.15, 0.2) is 0 Å². The van der Waals surface area contributed by atoms with Crippen LogP contribution in [0.3, 0.4) is 0 Å². The van der Waals surface area contributed by atoms with Crippen molar-refractivity contribution >= 4 is 5.78 Å². The summed E-state index contributed by atoms with van der Waals surface area (Å²) in [5.74, 6) is -0.0564. The molecule has 2 heteroatoms. The Labute approximate surface area is 100 Å². The van der Waals surface area contributed by atoms with Gasteiger partial charge >= 0.3 is 0 Å². The minimum atomic E-state index is -0.563. The van der Waals surface area contributed by atoms with Crippen LogP contribution < -0.4 is 0 Å². The highest BCUT2D eigenvalue weighted by Crippen LogP contribution is 2.33. The first-order valence-electron chi connectivity index (χ1n) is 6.11. The summed E-state index contributed by atoms with van der Waals surface area (Å²) in [5.41, 5.74) is -0.357. The third kappa shape index (κ3) is 3.89. The minimum absolute atomic E-state index is 0.0197. The van der Waals surface area contributed by atoms with E-state index in [-0.39, 0.29) is 28.4 Å². The van der Waals surface area contributed by atoms with Crippen LogP contribution in [0.4, 0.5) is 0 Å². The average molecular weight is 228 g/mol. The van der Waals surface area contributed by atoms with Crippen molar-refractivity contribution in [1.82, 2.24) is 0 Å². The highest BCUT2D eigenvalue weighted by molar-refractivity contribution is 5.86. The van der Waals surface area contributed by atoms with Gasteiger partial charge in [0.15, 0.2) is 0 Å². The third-order valence-electron chi connectivity index (χ3n) is 3.54. The molecule has 0 aromatic rings. The summed E-state index contributed by atoms with van der Waals surface area (Å²) >= 11 is 0. The minimum Gasteiger partial charge on any atom is -0.392 e. The van der Waals surface area contributed by atoms with E-state index in [9.17, 15) is 9.90 Å². The molecule has 16 heavy (non-hydrogen) atoms. The molecule has 0 rings (SSSR count). The van der Waals surface area contributed by atoms with Crippen molar-refractivity contribution in [2.45, 2.75) is 61.5 Å². The van der Waals surface area contributed by atoms with Crippen molar-refractivity contribution in [3.8, 4) is 0 Å². The van der Waals surface area contributed by atoms with Gasteiger partial charge in [-0.2, -0.15) is 0 Å². The Hall–Kier alpha value is -0.370. The zero-order chi connectivity index (χ0) is 13.3. The number of carbonyl (C=O) groups is 1. The van der Waals surface area contributed by atoms with Crippen LogP contribution in [-0.2, 0) is 4.79 Å². The van der Waals surface area contributed by atoms with Crippen molar-refractivity contribution < 1.29 is 9.90 Å². The van der Waals surface area contributed by atoms with Gasteiger partial charge in [-0.3, -0.25) is 4.79 Å². The fraction of sp³-hybridized carbons (Fsp3) is 0.929. The molecule has 0 aromatic heterocycles. The number of ketones is 1. The molecule has 0 fully saturated rings. The third-order valence-corrected chi connectivity index (χ3v) is 3.54. The molecular weight excluding hydrogens is 200 g/mol. The van der Waals surface area contributed by atoms with E-state index in [1.54, 1.807) is 0 Å². The summed E-state index contributed by atoms with van der Waals surface area (Å²) in [5, 5.41) is 10.2. The van der Waals surface area contributed by atoms with E-state index in [4.69, 9.17) is 0 Å². The Morgan fingerprint density at radius 3 is 1.62 bits per heavy atom. The summed E-state index contributed by atoms with van der Waals surface area (Å²) in [7, 11) is 0. The van der Waals surface area contributed by atoms with Crippen molar-refractivity contribution in [3.63, 3.8) is 0 Å². The maximum atomic E-state index is 12.1. The van der Waals surface area contributed by atoms with Crippen LogP contribution in [0, 0.1) is 22.7 Å². The number of aliphatic hydroxyl groups is 1. The van der Waals surface area contributed by atoms with Gasteiger partial charge in [0.2, 0.25) is 0 Å². The number of rotatable bonds is 3. The van der Waals surface area contributed by atoms with Crippen LogP contribution in [0.1, 0.15) is 55.4 Å². The van der Waals surface area contributed by atoms with E-state index >= 15 is 0 Å². The van der Waals surface area contributed by atoms with Gasteiger partial charge in [-0.15, -0.1) is 0 Å². The van der Waals surface area contributed by atoms with Crippen molar-refractivity contribution in [1.29, 1.82) is 0 Å². The van der Waals surface area contributed by atoms with Gasteiger partial charge in [0.1, 0.15) is 5.78 Å².